The number of alkyl halides is 4. The van der Waals surface area contributed by atoms with Crippen molar-refractivity contribution in [1.82, 2.24) is 0 Å². The molecule has 12 heteroatoms. The Balaban J connectivity index is 1.87. The number of rotatable bonds is 6. The third kappa shape index (κ3) is 4.43. The molecule has 0 aliphatic heterocycles. The van der Waals surface area contributed by atoms with Gasteiger partial charge in [-0.3, -0.25) is 0 Å². The Kier molecular flexibility index (Phi) is 5.98. The van der Waals surface area contributed by atoms with Gasteiger partial charge in [-0.1, -0.05) is 6.07 Å². The van der Waals surface area contributed by atoms with Gasteiger partial charge in [-0.25, -0.2) is 26.3 Å². The molecule has 0 amide bonds. The van der Waals surface area contributed by atoms with Crippen molar-refractivity contribution in [3.8, 4) is 11.5 Å². The van der Waals surface area contributed by atoms with Gasteiger partial charge < -0.3 is 9.47 Å². The van der Waals surface area contributed by atoms with Crippen molar-refractivity contribution in [1.29, 1.82) is 0 Å². The van der Waals surface area contributed by atoms with Gasteiger partial charge in [-0.05, 0) is 36.4 Å². The number of hydrogen-bond acceptors (Lipinski definition) is 2. The van der Waals surface area contributed by atoms with Crippen LogP contribution in [0, 0.1) is 34.9 Å². The second kappa shape index (κ2) is 8.24. The molecule has 0 saturated carbocycles. The van der Waals surface area contributed by atoms with Gasteiger partial charge in [0.15, 0.2) is 34.9 Å². The molecule has 0 aliphatic rings. The Morgan fingerprint density at radius 1 is 0.500 bits per heavy atom. The fourth-order valence-corrected chi connectivity index (χ4v) is 2.51. The van der Waals surface area contributed by atoms with Crippen LogP contribution < -0.4 is 9.47 Å². The molecule has 0 N–H and O–H groups in total. The largest absolute Gasteiger partial charge is 0.429 e. The topological polar surface area (TPSA) is 18.5 Å². The summed E-state index contributed by atoms with van der Waals surface area (Å²) < 4.78 is 145. The van der Waals surface area contributed by atoms with Crippen LogP contribution in [0.2, 0.25) is 0 Å². The molecule has 32 heavy (non-hydrogen) atoms. The zero-order valence-electron chi connectivity index (χ0n) is 15.2. The lowest BCUT2D eigenvalue weighted by Gasteiger charge is -2.21. The van der Waals surface area contributed by atoms with E-state index in [4.69, 9.17) is 0 Å². The van der Waals surface area contributed by atoms with Crippen LogP contribution in [0.4, 0.5) is 43.9 Å². The van der Waals surface area contributed by atoms with Gasteiger partial charge in [0, 0.05) is 6.07 Å². The predicted octanol–water partition coefficient (Wildman–Crippen LogP) is 6.78. The third-order valence-electron chi connectivity index (χ3n) is 4.00. The summed E-state index contributed by atoms with van der Waals surface area (Å²) in [6.07, 6.45) is -9.15. The van der Waals surface area contributed by atoms with Crippen LogP contribution in [0.25, 0.3) is 0 Å². The second-order valence-electron chi connectivity index (χ2n) is 6.16. The van der Waals surface area contributed by atoms with Gasteiger partial charge in [0.2, 0.25) is 0 Å². The Morgan fingerprint density at radius 3 is 1.25 bits per heavy atom. The minimum Gasteiger partial charge on any atom is -0.429 e. The fraction of sp³-hybridized carbons (Fsp3) is 0.100. The zero-order chi connectivity index (χ0) is 23.8. The van der Waals surface area contributed by atoms with E-state index in [0.29, 0.717) is 6.07 Å². The molecule has 3 aromatic rings. The maximum atomic E-state index is 14.2. The van der Waals surface area contributed by atoms with Gasteiger partial charge in [-0.2, -0.15) is 17.6 Å². The van der Waals surface area contributed by atoms with Crippen LogP contribution in [-0.2, 0) is 12.2 Å². The first-order valence-electron chi connectivity index (χ1n) is 8.35. The molecule has 0 bridgehead atoms. The quantitative estimate of drug-likeness (QED) is 0.292. The molecule has 0 fully saturated rings. The highest BCUT2D eigenvalue weighted by Gasteiger charge is 2.41. The summed E-state index contributed by atoms with van der Waals surface area (Å²) in [4.78, 5) is 0. The number of hydrogen-bond donors (Lipinski definition) is 0. The molecule has 0 aliphatic carbocycles. The van der Waals surface area contributed by atoms with Gasteiger partial charge in [0.1, 0.15) is 22.6 Å². The zero-order valence-corrected chi connectivity index (χ0v) is 15.2. The minimum atomic E-state index is -4.58. The van der Waals surface area contributed by atoms with E-state index < -0.39 is 69.7 Å². The van der Waals surface area contributed by atoms with E-state index in [-0.39, 0.29) is 24.3 Å². The molecule has 3 rings (SSSR count). The second-order valence-corrected chi connectivity index (χ2v) is 6.16. The summed E-state index contributed by atoms with van der Waals surface area (Å²) in [7, 11) is 0. The summed E-state index contributed by atoms with van der Waals surface area (Å²) in [5.41, 5.74) is -3.37. The average Bonchev–Trinajstić information content (AvgIpc) is 2.69. The molecule has 3 aromatic carbocycles. The minimum absolute atomic E-state index is 0.216. The molecule has 2 nitrogen and oxygen atoms in total. The summed E-state index contributed by atoms with van der Waals surface area (Å²) in [6, 6.07) is 3.81. The van der Waals surface area contributed by atoms with Crippen molar-refractivity contribution in [3.05, 3.63) is 94.6 Å². The monoisotopic (exact) mass is 470 g/mol. The fourth-order valence-electron chi connectivity index (χ4n) is 2.51. The average molecular weight is 470 g/mol. The maximum absolute atomic E-state index is 14.2. The molecule has 0 spiro atoms. The molecule has 0 aromatic heterocycles. The smallest absolute Gasteiger partial charge is 0.429 e. The highest BCUT2D eigenvalue weighted by molar-refractivity contribution is 5.35. The lowest BCUT2D eigenvalue weighted by atomic mass is 10.1. The van der Waals surface area contributed by atoms with E-state index in [1.54, 1.807) is 0 Å². The normalized spacial score (nSPS) is 12.1. The van der Waals surface area contributed by atoms with Crippen molar-refractivity contribution >= 4 is 0 Å². The summed E-state index contributed by atoms with van der Waals surface area (Å²) in [6.45, 7) is 0. The Bertz CT molecular complexity index is 1080. The Morgan fingerprint density at radius 2 is 0.875 bits per heavy atom. The first-order chi connectivity index (χ1) is 14.8. The molecule has 0 atom stereocenters. The van der Waals surface area contributed by atoms with Crippen molar-refractivity contribution in [2.45, 2.75) is 12.2 Å². The van der Waals surface area contributed by atoms with E-state index in [2.05, 4.69) is 9.47 Å². The van der Waals surface area contributed by atoms with Crippen molar-refractivity contribution in [2.24, 2.45) is 0 Å². The van der Waals surface area contributed by atoms with Crippen molar-refractivity contribution in [3.63, 3.8) is 0 Å². The van der Waals surface area contributed by atoms with Crippen molar-refractivity contribution < 1.29 is 53.4 Å². The summed E-state index contributed by atoms with van der Waals surface area (Å²) >= 11 is 0. The Hall–Kier alpha value is -3.44. The van der Waals surface area contributed by atoms with Crippen LogP contribution in [0.15, 0.2) is 48.5 Å². The van der Waals surface area contributed by atoms with E-state index >= 15 is 0 Å². The molecule has 0 radical (unpaired) electrons. The molecular weight excluding hydrogens is 462 g/mol. The SMILES string of the molecule is Fc1ccc(C(F)(F)Oc2cccc(OC(F)(F)c3ccc(F)c(F)c3F)c2)c(F)c1F. The molecular formula is C20H8F10O2. The highest BCUT2D eigenvalue weighted by atomic mass is 19.3. The molecule has 170 valence electrons. The summed E-state index contributed by atoms with van der Waals surface area (Å²) in [5, 5.41) is 0. The Labute approximate surface area is 172 Å². The number of ether oxygens (including phenoxy) is 2. The van der Waals surface area contributed by atoms with E-state index in [1.807, 2.05) is 0 Å². The molecule has 0 saturated heterocycles. The van der Waals surface area contributed by atoms with E-state index in [1.165, 1.54) is 0 Å². The van der Waals surface area contributed by atoms with Gasteiger partial charge in [-0.15, -0.1) is 0 Å². The number of benzene rings is 3. The predicted molar refractivity (Wildman–Crippen MR) is 88.1 cm³/mol. The van der Waals surface area contributed by atoms with Crippen LogP contribution in [0.1, 0.15) is 11.1 Å². The molecule has 0 heterocycles. The molecule has 0 unspecified atom stereocenters. The van der Waals surface area contributed by atoms with Crippen LogP contribution >= 0.6 is 0 Å². The third-order valence-corrected chi connectivity index (χ3v) is 4.00. The standard InChI is InChI=1S/C20H8F10O2/c21-13-6-4-11(15(23)17(13)25)19(27,28)31-9-2-1-3-10(8-9)32-20(29,30)12-5-7-14(22)18(26)16(12)24/h1-8H. The first-order valence-corrected chi connectivity index (χ1v) is 8.35. The number of halogens is 10. The summed E-state index contributed by atoms with van der Waals surface area (Å²) in [5.74, 6) is -14.1. The lowest BCUT2D eigenvalue weighted by Crippen LogP contribution is -2.25. The highest BCUT2D eigenvalue weighted by Crippen LogP contribution is 2.38. The van der Waals surface area contributed by atoms with Crippen LogP contribution in [0.5, 0.6) is 11.5 Å². The van der Waals surface area contributed by atoms with Crippen molar-refractivity contribution in [2.75, 3.05) is 0 Å². The van der Waals surface area contributed by atoms with Crippen LogP contribution in [-0.4, -0.2) is 0 Å². The van der Waals surface area contributed by atoms with Crippen LogP contribution in [0.3, 0.4) is 0 Å². The first kappa shape index (κ1) is 23.2. The van der Waals surface area contributed by atoms with Gasteiger partial charge >= 0.3 is 12.2 Å². The van der Waals surface area contributed by atoms with Gasteiger partial charge in [0.05, 0.1) is 0 Å². The van der Waals surface area contributed by atoms with E-state index in [0.717, 1.165) is 18.2 Å². The van der Waals surface area contributed by atoms with E-state index in [9.17, 15) is 43.9 Å². The maximum Gasteiger partial charge on any atom is 0.429 e. The lowest BCUT2D eigenvalue weighted by molar-refractivity contribution is -0.190. The van der Waals surface area contributed by atoms with Gasteiger partial charge in [0.25, 0.3) is 0 Å².